The van der Waals surface area contributed by atoms with E-state index in [0.717, 1.165) is 12.0 Å². The van der Waals surface area contributed by atoms with Gasteiger partial charge in [-0.25, -0.2) is 0 Å². The number of ether oxygens (including phenoxy) is 1. The third-order valence-corrected chi connectivity index (χ3v) is 2.84. The summed E-state index contributed by atoms with van der Waals surface area (Å²) in [5.41, 5.74) is 4.87. The molecule has 17 heavy (non-hydrogen) atoms. The molecule has 0 aromatic carbocycles. The van der Waals surface area contributed by atoms with Gasteiger partial charge >= 0.3 is 5.97 Å². The Morgan fingerprint density at radius 1 is 1.59 bits per heavy atom. The van der Waals surface area contributed by atoms with E-state index in [1.165, 1.54) is 12.7 Å². The molecule has 0 spiro atoms. The number of hydrogen-bond acceptors (Lipinski definition) is 4. The maximum atomic E-state index is 11.1. The molecule has 1 aliphatic rings. The van der Waals surface area contributed by atoms with Crippen molar-refractivity contribution in [1.82, 2.24) is 5.48 Å². The maximum absolute atomic E-state index is 11.1. The van der Waals surface area contributed by atoms with E-state index in [1.807, 2.05) is 19.1 Å². The molecule has 4 heteroatoms. The minimum absolute atomic E-state index is 0.133. The molecule has 1 atom stereocenters. The molecule has 0 aliphatic heterocycles. The van der Waals surface area contributed by atoms with Crippen LogP contribution < -0.4 is 5.48 Å². The predicted octanol–water partition coefficient (Wildman–Crippen LogP) is 2.11. The first-order valence-corrected chi connectivity index (χ1v) is 5.56. The summed E-state index contributed by atoms with van der Waals surface area (Å²) in [6.07, 6.45) is 5.12. The maximum Gasteiger partial charge on any atom is 0.309 e. The number of carbonyl (C=O) groups is 1. The van der Waals surface area contributed by atoms with Crippen molar-refractivity contribution >= 4 is 5.97 Å². The van der Waals surface area contributed by atoms with Crippen LogP contribution in [0.3, 0.4) is 0 Å². The fourth-order valence-corrected chi connectivity index (χ4v) is 1.71. The van der Waals surface area contributed by atoms with Crippen LogP contribution in [0.1, 0.15) is 19.8 Å². The Hall–Kier alpha value is -1.55. The summed E-state index contributed by atoms with van der Waals surface area (Å²) < 4.78 is 4.64. The Balaban J connectivity index is 2.47. The van der Waals surface area contributed by atoms with Crippen LogP contribution in [0.15, 0.2) is 35.6 Å². The fraction of sp³-hybridized carbons (Fsp3) is 0.462. The molecule has 0 saturated heterocycles. The quantitative estimate of drug-likeness (QED) is 0.436. The SMILES string of the molecule is C=C(ONC)C(C)C1=CC=C(CC(=O)OC)C1. The Morgan fingerprint density at radius 2 is 2.29 bits per heavy atom. The fourth-order valence-electron chi connectivity index (χ4n) is 1.71. The van der Waals surface area contributed by atoms with E-state index in [2.05, 4.69) is 16.8 Å². The second-order valence-corrected chi connectivity index (χ2v) is 3.99. The molecule has 1 aliphatic carbocycles. The van der Waals surface area contributed by atoms with E-state index >= 15 is 0 Å². The third-order valence-electron chi connectivity index (χ3n) is 2.84. The number of rotatable bonds is 6. The predicted molar refractivity (Wildman–Crippen MR) is 65.9 cm³/mol. The van der Waals surface area contributed by atoms with Gasteiger partial charge in [0.1, 0.15) is 5.76 Å². The summed E-state index contributed by atoms with van der Waals surface area (Å²) in [6, 6.07) is 0. The number of allylic oxidation sites excluding steroid dienone is 3. The van der Waals surface area contributed by atoms with Gasteiger partial charge < -0.3 is 9.57 Å². The third kappa shape index (κ3) is 3.75. The second kappa shape index (κ2) is 6.25. The zero-order valence-electron chi connectivity index (χ0n) is 10.6. The standard InChI is InChI=1S/C13H19NO3/c1-9(10(2)17-14-3)12-6-5-11(7-12)8-13(15)16-4/h5-6,9,14H,2,7-8H2,1,3-4H3. The average Bonchev–Trinajstić information content (AvgIpc) is 2.76. The van der Waals surface area contributed by atoms with Gasteiger partial charge in [-0.1, -0.05) is 36.8 Å². The Labute approximate surface area is 102 Å². The molecule has 0 heterocycles. The molecule has 0 aromatic heterocycles. The van der Waals surface area contributed by atoms with Gasteiger partial charge in [-0.3, -0.25) is 4.79 Å². The van der Waals surface area contributed by atoms with Crippen LogP contribution in [0.5, 0.6) is 0 Å². The Morgan fingerprint density at radius 3 is 2.88 bits per heavy atom. The molecule has 94 valence electrons. The number of hydroxylamine groups is 1. The lowest BCUT2D eigenvalue weighted by molar-refractivity contribution is -0.139. The van der Waals surface area contributed by atoms with Crippen molar-refractivity contribution in [3.8, 4) is 0 Å². The molecule has 1 rings (SSSR count). The first kappa shape index (κ1) is 13.5. The number of hydrogen-bond donors (Lipinski definition) is 1. The minimum Gasteiger partial charge on any atom is -0.469 e. The van der Waals surface area contributed by atoms with Crippen LogP contribution in [-0.2, 0) is 14.4 Å². The van der Waals surface area contributed by atoms with Gasteiger partial charge in [0.2, 0.25) is 0 Å². The molecule has 0 saturated carbocycles. The molecule has 1 unspecified atom stereocenters. The van der Waals surface area contributed by atoms with Crippen molar-refractivity contribution in [3.05, 3.63) is 35.6 Å². The monoisotopic (exact) mass is 237 g/mol. The summed E-state index contributed by atoms with van der Waals surface area (Å²) >= 11 is 0. The van der Waals surface area contributed by atoms with E-state index in [4.69, 9.17) is 4.84 Å². The zero-order valence-corrected chi connectivity index (χ0v) is 10.6. The van der Waals surface area contributed by atoms with Crippen molar-refractivity contribution < 1.29 is 14.4 Å². The Kier molecular flexibility index (Phi) is 4.97. The summed E-state index contributed by atoms with van der Waals surface area (Å²) in [7, 11) is 3.10. The van der Waals surface area contributed by atoms with Gasteiger partial charge in [-0.2, -0.15) is 5.48 Å². The lowest BCUT2D eigenvalue weighted by Gasteiger charge is -2.16. The lowest BCUT2D eigenvalue weighted by atomic mass is 9.96. The largest absolute Gasteiger partial charge is 0.469 e. The Bertz CT molecular complexity index is 369. The summed E-state index contributed by atoms with van der Waals surface area (Å²) in [5, 5.41) is 0. The topological polar surface area (TPSA) is 47.6 Å². The van der Waals surface area contributed by atoms with E-state index in [0.29, 0.717) is 12.2 Å². The minimum atomic E-state index is -0.205. The van der Waals surface area contributed by atoms with Gasteiger partial charge in [0.15, 0.2) is 0 Å². The molecule has 0 amide bonds. The van der Waals surface area contributed by atoms with Crippen molar-refractivity contribution in [2.75, 3.05) is 14.2 Å². The van der Waals surface area contributed by atoms with Gasteiger partial charge in [0.05, 0.1) is 13.5 Å². The smallest absolute Gasteiger partial charge is 0.309 e. The van der Waals surface area contributed by atoms with Gasteiger partial charge in [0.25, 0.3) is 0 Å². The molecular formula is C13H19NO3. The number of methoxy groups -OCH3 is 1. The first-order valence-electron chi connectivity index (χ1n) is 5.56. The van der Waals surface area contributed by atoms with E-state index in [9.17, 15) is 4.79 Å². The van der Waals surface area contributed by atoms with Crippen LogP contribution in [0, 0.1) is 5.92 Å². The van der Waals surface area contributed by atoms with E-state index in [-0.39, 0.29) is 11.9 Å². The van der Waals surface area contributed by atoms with Crippen molar-refractivity contribution in [2.45, 2.75) is 19.8 Å². The van der Waals surface area contributed by atoms with Gasteiger partial charge in [-0.15, -0.1) is 0 Å². The van der Waals surface area contributed by atoms with Crippen molar-refractivity contribution in [1.29, 1.82) is 0 Å². The molecule has 0 radical (unpaired) electrons. The van der Waals surface area contributed by atoms with Crippen LogP contribution >= 0.6 is 0 Å². The first-order chi connectivity index (χ1) is 8.08. The normalized spacial score (nSPS) is 15.9. The van der Waals surface area contributed by atoms with Crippen LogP contribution in [0.2, 0.25) is 0 Å². The van der Waals surface area contributed by atoms with Crippen LogP contribution in [0.4, 0.5) is 0 Å². The van der Waals surface area contributed by atoms with Gasteiger partial charge in [-0.05, 0) is 6.42 Å². The number of esters is 1. The highest BCUT2D eigenvalue weighted by Gasteiger charge is 2.19. The van der Waals surface area contributed by atoms with Crippen LogP contribution in [0.25, 0.3) is 0 Å². The summed E-state index contributed by atoms with van der Waals surface area (Å²) in [4.78, 5) is 16.3. The average molecular weight is 237 g/mol. The molecule has 0 bridgehead atoms. The molecule has 0 aromatic rings. The molecular weight excluding hydrogens is 218 g/mol. The summed E-state index contributed by atoms with van der Waals surface area (Å²) in [6.45, 7) is 5.88. The molecule has 1 N–H and O–H groups in total. The second-order valence-electron chi connectivity index (χ2n) is 3.99. The number of carbonyl (C=O) groups excluding carboxylic acids is 1. The number of nitrogens with one attached hydrogen (secondary N) is 1. The highest BCUT2D eigenvalue weighted by atomic mass is 16.6. The van der Waals surface area contributed by atoms with Crippen molar-refractivity contribution in [3.63, 3.8) is 0 Å². The van der Waals surface area contributed by atoms with E-state index in [1.54, 1.807) is 7.05 Å². The van der Waals surface area contributed by atoms with E-state index < -0.39 is 0 Å². The highest BCUT2D eigenvalue weighted by molar-refractivity contribution is 5.72. The highest BCUT2D eigenvalue weighted by Crippen LogP contribution is 2.30. The zero-order chi connectivity index (χ0) is 12.8. The van der Waals surface area contributed by atoms with Crippen molar-refractivity contribution in [2.24, 2.45) is 5.92 Å². The summed E-state index contributed by atoms with van der Waals surface area (Å²) in [5.74, 6) is 0.601. The lowest BCUT2D eigenvalue weighted by Crippen LogP contribution is -2.13. The van der Waals surface area contributed by atoms with Crippen LogP contribution in [-0.4, -0.2) is 20.1 Å². The molecule has 0 fully saturated rings. The molecule has 4 nitrogen and oxygen atoms in total. The van der Waals surface area contributed by atoms with Gasteiger partial charge in [0, 0.05) is 13.0 Å².